The highest BCUT2D eigenvalue weighted by atomic mass is 16.5. The van der Waals surface area contributed by atoms with E-state index >= 15 is 0 Å². The minimum Gasteiger partial charge on any atom is -0.507 e. The highest BCUT2D eigenvalue weighted by molar-refractivity contribution is 6.46. The summed E-state index contributed by atoms with van der Waals surface area (Å²) in [6, 6.07) is 11.9. The number of unbranched alkanes of at least 4 members (excludes halogenated alkanes) is 1. The zero-order chi connectivity index (χ0) is 27.7. The molecule has 1 aliphatic heterocycles. The van der Waals surface area contributed by atoms with Crippen molar-refractivity contribution in [1.82, 2.24) is 9.80 Å². The third-order valence-electron chi connectivity index (χ3n) is 6.86. The van der Waals surface area contributed by atoms with Crippen molar-refractivity contribution in [3.63, 3.8) is 0 Å². The molecule has 0 aliphatic carbocycles. The predicted molar refractivity (Wildman–Crippen MR) is 151 cm³/mol. The van der Waals surface area contributed by atoms with Gasteiger partial charge in [0.15, 0.2) is 0 Å². The fourth-order valence-electron chi connectivity index (χ4n) is 4.59. The molecule has 0 aromatic heterocycles. The Hall–Kier alpha value is -3.58. The normalized spacial score (nSPS) is 16.8. The summed E-state index contributed by atoms with van der Waals surface area (Å²) in [4.78, 5) is 30.4. The molecule has 1 fully saturated rings. The highest BCUT2D eigenvalue weighted by Gasteiger charge is 2.46. The average Bonchev–Trinajstić information content (AvgIpc) is 3.18. The van der Waals surface area contributed by atoms with Crippen LogP contribution in [0.25, 0.3) is 5.76 Å². The fraction of sp³-hybridized carbons (Fsp3) is 0.419. The van der Waals surface area contributed by atoms with Crippen LogP contribution < -0.4 is 9.47 Å². The van der Waals surface area contributed by atoms with E-state index in [2.05, 4.69) is 32.3 Å². The lowest BCUT2D eigenvalue weighted by atomic mass is 9.94. The third kappa shape index (κ3) is 6.64. The van der Waals surface area contributed by atoms with Crippen LogP contribution in [-0.2, 0) is 9.59 Å². The van der Waals surface area contributed by atoms with Gasteiger partial charge in [0.1, 0.15) is 23.9 Å². The summed E-state index contributed by atoms with van der Waals surface area (Å²) in [7, 11) is 0. The number of ether oxygens (including phenoxy) is 2. The molecule has 0 spiro atoms. The molecule has 38 heavy (non-hydrogen) atoms. The lowest BCUT2D eigenvalue weighted by Crippen LogP contribution is -2.38. The molecule has 1 aliphatic rings. The van der Waals surface area contributed by atoms with Crippen LogP contribution in [0.2, 0.25) is 0 Å². The number of nitrogens with zero attached hydrogens (tertiary/aromatic N) is 2. The summed E-state index contributed by atoms with van der Waals surface area (Å²) >= 11 is 0. The van der Waals surface area contributed by atoms with Gasteiger partial charge in [0.25, 0.3) is 11.7 Å². The van der Waals surface area contributed by atoms with E-state index in [0.717, 1.165) is 42.8 Å². The Morgan fingerprint density at radius 2 is 1.79 bits per heavy atom. The van der Waals surface area contributed by atoms with Crippen molar-refractivity contribution in [3.05, 3.63) is 77.4 Å². The van der Waals surface area contributed by atoms with Crippen LogP contribution in [-0.4, -0.2) is 66.0 Å². The highest BCUT2D eigenvalue weighted by Crippen LogP contribution is 2.40. The number of Topliss-reactive ketones (excluding diaryl/α,β-unsaturated/α-hetero) is 1. The Balaban J connectivity index is 2.03. The number of aliphatic hydroxyl groups is 1. The monoisotopic (exact) mass is 520 g/mol. The SMILES string of the molecule is C=CCOc1ccc(C2/C(=C(\O)c3ccc(OCCCC)c(C)c3)C(=O)C(=O)N2CCN(CC)CC)cc1. The van der Waals surface area contributed by atoms with Crippen LogP contribution in [0.3, 0.4) is 0 Å². The fourth-order valence-corrected chi connectivity index (χ4v) is 4.59. The average molecular weight is 521 g/mol. The van der Waals surface area contributed by atoms with Gasteiger partial charge in [-0.05, 0) is 67.9 Å². The lowest BCUT2D eigenvalue weighted by Gasteiger charge is -2.28. The molecule has 1 unspecified atom stereocenters. The van der Waals surface area contributed by atoms with Crippen molar-refractivity contribution in [1.29, 1.82) is 0 Å². The van der Waals surface area contributed by atoms with E-state index < -0.39 is 17.7 Å². The molecule has 2 aromatic rings. The maximum Gasteiger partial charge on any atom is 0.295 e. The zero-order valence-electron chi connectivity index (χ0n) is 23.0. The van der Waals surface area contributed by atoms with E-state index in [1.165, 1.54) is 0 Å². The number of ketones is 1. The molecular weight excluding hydrogens is 480 g/mol. The molecule has 0 radical (unpaired) electrons. The van der Waals surface area contributed by atoms with E-state index in [1.807, 2.05) is 19.1 Å². The second-order valence-electron chi connectivity index (χ2n) is 9.37. The van der Waals surface area contributed by atoms with Gasteiger partial charge in [0.2, 0.25) is 0 Å². The molecule has 2 aromatic carbocycles. The van der Waals surface area contributed by atoms with Crippen LogP contribution in [0.4, 0.5) is 0 Å². The first-order valence-corrected chi connectivity index (χ1v) is 13.4. The van der Waals surface area contributed by atoms with Gasteiger partial charge in [-0.3, -0.25) is 9.59 Å². The largest absolute Gasteiger partial charge is 0.507 e. The summed E-state index contributed by atoms with van der Waals surface area (Å²) in [5.74, 6) is -0.0786. The number of hydrogen-bond acceptors (Lipinski definition) is 6. The van der Waals surface area contributed by atoms with Gasteiger partial charge in [-0.25, -0.2) is 0 Å². The Morgan fingerprint density at radius 1 is 1.08 bits per heavy atom. The van der Waals surface area contributed by atoms with Crippen LogP contribution in [0.15, 0.2) is 60.7 Å². The first-order chi connectivity index (χ1) is 18.4. The molecule has 1 amide bonds. The topological polar surface area (TPSA) is 79.3 Å². The van der Waals surface area contributed by atoms with Crippen LogP contribution >= 0.6 is 0 Å². The maximum absolute atomic E-state index is 13.3. The van der Waals surface area contributed by atoms with Gasteiger partial charge in [0, 0.05) is 18.7 Å². The number of hydrogen-bond donors (Lipinski definition) is 1. The van der Waals surface area contributed by atoms with Gasteiger partial charge in [-0.15, -0.1) is 0 Å². The molecule has 7 heteroatoms. The minimum absolute atomic E-state index is 0.0911. The van der Waals surface area contributed by atoms with E-state index in [9.17, 15) is 14.7 Å². The quantitative estimate of drug-likeness (QED) is 0.116. The van der Waals surface area contributed by atoms with Crippen molar-refractivity contribution >= 4 is 17.4 Å². The summed E-state index contributed by atoms with van der Waals surface area (Å²) in [6.45, 7) is 15.5. The van der Waals surface area contributed by atoms with Crippen LogP contribution in [0.5, 0.6) is 11.5 Å². The van der Waals surface area contributed by atoms with Gasteiger partial charge < -0.3 is 24.4 Å². The Kier molecular flexibility index (Phi) is 10.5. The summed E-state index contributed by atoms with van der Waals surface area (Å²) < 4.78 is 11.5. The second kappa shape index (κ2) is 13.8. The van der Waals surface area contributed by atoms with Crippen LogP contribution in [0, 0.1) is 6.92 Å². The molecule has 1 saturated heterocycles. The third-order valence-corrected chi connectivity index (χ3v) is 6.86. The number of rotatable bonds is 14. The van der Waals surface area contributed by atoms with Crippen molar-refractivity contribution < 1.29 is 24.2 Å². The lowest BCUT2D eigenvalue weighted by molar-refractivity contribution is -0.140. The van der Waals surface area contributed by atoms with E-state index in [4.69, 9.17) is 9.47 Å². The molecule has 1 atom stereocenters. The van der Waals surface area contributed by atoms with Gasteiger partial charge in [-0.2, -0.15) is 0 Å². The smallest absolute Gasteiger partial charge is 0.295 e. The number of aliphatic hydroxyl groups excluding tert-OH is 1. The number of benzene rings is 2. The molecule has 7 nitrogen and oxygen atoms in total. The number of carbonyl (C=O) groups excluding carboxylic acids is 2. The molecular formula is C31H40N2O5. The molecule has 0 bridgehead atoms. The van der Waals surface area contributed by atoms with Crippen LogP contribution in [0.1, 0.15) is 56.3 Å². The summed E-state index contributed by atoms with van der Waals surface area (Å²) in [5, 5.41) is 11.4. The Bertz CT molecular complexity index is 1150. The Labute approximate surface area is 226 Å². The maximum atomic E-state index is 13.3. The second-order valence-corrected chi connectivity index (χ2v) is 9.37. The van der Waals surface area contributed by atoms with E-state index in [-0.39, 0.29) is 11.3 Å². The number of likely N-dealkylation sites (tertiary alicyclic amines) is 1. The van der Waals surface area contributed by atoms with E-state index in [1.54, 1.807) is 41.3 Å². The predicted octanol–water partition coefficient (Wildman–Crippen LogP) is 5.50. The number of amides is 1. The standard InChI is InChI=1S/C31H40N2O5/c1-6-10-20-38-26-16-13-24(21-22(26)5)29(34)27-28(23-11-14-25(15-12-23)37-19-7-2)33(31(36)30(27)35)18-17-32(8-3)9-4/h7,11-16,21,28,34H,2,6,8-10,17-20H2,1,3-5H3/b29-27+. The van der Waals surface area contributed by atoms with Gasteiger partial charge >= 0.3 is 0 Å². The molecule has 1 N–H and O–H groups in total. The number of aryl methyl sites for hydroxylation is 1. The molecule has 3 rings (SSSR count). The van der Waals surface area contributed by atoms with Crippen molar-refractivity contribution in [3.8, 4) is 11.5 Å². The van der Waals surface area contributed by atoms with Crippen molar-refractivity contribution in [2.24, 2.45) is 0 Å². The Morgan fingerprint density at radius 3 is 2.39 bits per heavy atom. The van der Waals surface area contributed by atoms with Gasteiger partial charge in [0.05, 0.1) is 18.2 Å². The number of likely N-dealkylation sites (N-methyl/N-ethyl adjacent to an activating group) is 1. The van der Waals surface area contributed by atoms with E-state index in [0.29, 0.717) is 37.6 Å². The van der Waals surface area contributed by atoms with Crippen molar-refractivity contribution in [2.75, 3.05) is 39.4 Å². The summed E-state index contributed by atoms with van der Waals surface area (Å²) in [6.07, 6.45) is 3.65. The zero-order valence-corrected chi connectivity index (χ0v) is 23.0. The number of carbonyl (C=O) groups is 2. The van der Waals surface area contributed by atoms with Crippen molar-refractivity contribution in [2.45, 2.75) is 46.6 Å². The molecule has 0 saturated carbocycles. The summed E-state index contributed by atoms with van der Waals surface area (Å²) in [5.41, 5.74) is 2.14. The molecule has 204 valence electrons. The van der Waals surface area contributed by atoms with Gasteiger partial charge in [-0.1, -0.05) is 52.0 Å². The minimum atomic E-state index is -0.709. The molecule has 1 heterocycles. The first kappa shape index (κ1) is 29.0. The first-order valence-electron chi connectivity index (χ1n) is 13.4.